The summed E-state index contributed by atoms with van der Waals surface area (Å²) in [6.07, 6.45) is 0. The Bertz CT molecular complexity index is 182. The molecular weight excluding hydrogens is 150 g/mol. The molecule has 0 unspecified atom stereocenters. The van der Waals surface area contributed by atoms with Gasteiger partial charge in [-0.25, -0.2) is 5.11 Å². The first kappa shape index (κ1) is 11.1. The number of hydrogen-bond acceptors (Lipinski definition) is 1. The van der Waals surface area contributed by atoms with Gasteiger partial charge in [-0.2, -0.15) is 0 Å². The first-order valence-corrected chi connectivity index (χ1v) is 3.89. The van der Waals surface area contributed by atoms with Gasteiger partial charge >= 0.3 is 0 Å². The highest BCUT2D eigenvalue weighted by molar-refractivity contribution is 5.12. The maximum absolute atomic E-state index is 10.1. The van der Waals surface area contributed by atoms with Gasteiger partial charge in [0.2, 0.25) is 0 Å². The summed E-state index contributed by atoms with van der Waals surface area (Å²) in [4.78, 5) is 2.00. The van der Waals surface area contributed by atoms with Crippen molar-refractivity contribution in [2.24, 2.45) is 0 Å². The average Bonchev–Trinajstić information content (AvgIpc) is 2.05. The first-order chi connectivity index (χ1) is 5.66. The normalized spacial score (nSPS) is 9.08. The van der Waals surface area contributed by atoms with E-state index in [-0.39, 0.29) is 6.61 Å². The number of nitrogens with zero attached hydrogens (tertiary/aromatic N) is 1. The van der Waals surface area contributed by atoms with Crippen LogP contribution in [0, 0.1) is 0 Å². The lowest BCUT2D eigenvalue weighted by Gasteiger charge is -1.90. The van der Waals surface area contributed by atoms with Gasteiger partial charge < -0.3 is 4.90 Å². The molecule has 0 aliphatic carbocycles. The van der Waals surface area contributed by atoms with E-state index in [4.69, 9.17) is 0 Å². The van der Waals surface area contributed by atoms with E-state index >= 15 is 0 Å². The maximum atomic E-state index is 10.1. The lowest BCUT2D eigenvalue weighted by Crippen LogP contribution is -1.99. The van der Waals surface area contributed by atoms with Crippen LogP contribution >= 0.6 is 0 Å². The summed E-state index contributed by atoms with van der Waals surface area (Å²) in [6, 6.07) is 9.29. The zero-order valence-corrected chi connectivity index (χ0v) is 7.95. The van der Waals surface area contributed by atoms with Crippen LogP contribution in [-0.2, 0) is 11.7 Å². The Morgan fingerprint density at radius 2 is 1.50 bits per heavy atom. The fourth-order valence-electron chi connectivity index (χ4n) is 0.574. The van der Waals surface area contributed by atoms with E-state index in [0.717, 1.165) is 5.56 Å². The van der Waals surface area contributed by atoms with Gasteiger partial charge in [0.25, 0.3) is 0 Å². The summed E-state index contributed by atoms with van der Waals surface area (Å²) in [5, 5.41) is 10.1. The highest BCUT2D eigenvalue weighted by Gasteiger charge is 1.82. The lowest BCUT2D eigenvalue weighted by atomic mass is 10.2. The van der Waals surface area contributed by atoms with Crippen molar-refractivity contribution in [3.8, 4) is 0 Å². The molecule has 0 spiro atoms. The van der Waals surface area contributed by atoms with Gasteiger partial charge in [-0.05, 0) is 26.7 Å². The van der Waals surface area contributed by atoms with Gasteiger partial charge in [0, 0.05) is 0 Å². The van der Waals surface area contributed by atoms with Crippen molar-refractivity contribution in [1.29, 1.82) is 0 Å². The van der Waals surface area contributed by atoms with Gasteiger partial charge in [0.05, 0.1) is 0 Å². The van der Waals surface area contributed by atoms with E-state index < -0.39 is 0 Å². The van der Waals surface area contributed by atoms with Gasteiger partial charge in [0.15, 0.2) is 0 Å². The SMILES string of the molecule is CN(C)C.[O]Cc1ccccc1. The number of rotatable bonds is 1. The van der Waals surface area contributed by atoms with Crippen LogP contribution in [-0.4, -0.2) is 26.0 Å². The summed E-state index contributed by atoms with van der Waals surface area (Å²) in [5.74, 6) is 0. The topological polar surface area (TPSA) is 23.1 Å². The minimum absolute atomic E-state index is 0.110. The molecule has 2 heteroatoms. The molecule has 67 valence electrons. The predicted octanol–water partition coefficient (Wildman–Crippen LogP) is 1.79. The minimum Gasteiger partial charge on any atom is -0.312 e. The summed E-state index contributed by atoms with van der Waals surface area (Å²) in [6.45, 7) is -0.110. The van der Waals surface area contributed by atoms with Crippen molar-refractivity contribution in [2.45, 2.75) is 6.61 Å². The van der Waals surface area contributed by atoms with Crippen molar-refractivity contribution in [2.75, 3.05) is 21.1 Å². The van der Waals surface area contributed by atoms with Crippen molar-refractivity contribution in [1.82, 2.24) is 4.90 Å². The quantitative estimate of drug-likeness (QED) is 0.624. The van der Waals surface area contributed by atoms with Crippen LogP contribution in [0.1, 0.15) is 5.56 Å². The smallest absolute Gasteiger partial charge is 0.107 e. The van der Waals surface area contributed by atoms with Crippen molar-refractivity contribution >= 4 is 0 Å². The fourth-order valence-corrected chi connectivity index (χ4v) is 0.574. The summed E-state index contributed by atoms with van der Waals surface area (Å²) < 4.78 is 0. The van der Waals surface area contributed by atoms with Crippen LogP contribution in [0.5, 0.6) is 0 Å². The molecule has 0 aliphatic heterocycles. The lowest BCUT2D eigenvalue weighted by molar-refractivity contribution is 0.177. The molecule has 0 aliphatic rings. The largest absolute Gasteiger partial charge is 0.312 e. The zero-order valence-electron chi connectivity index (χ0n) is 7.95. The summed E-state index contributed by atoms with van der Waals surface area (Å²) >= 11 is 0. The molecule has 0 fully saturated rings. The number of benzene rings is 1. The van der Waals surface area contributed by atoms with Crippen LogP contribution in [0.25, 0.3) is 0 Å². The second-order valence-corrected chi connectivity index (χ2v) is 2.97. The van der Waals surface area contributed by atoms with Gasteiger partial charge in [-0.3, -0.25) is 0 Å². The molecule has 0 heterocycles. The molecule has 0 amide bonds. The second-order valence-electron chi connectivity index (χ2n) is 2.97. The van der Waals surface area contributed by atoms with E-state index in [2.05, 4.69) is 0 Å². The van der Waals surface area contributed by atoms with Gasteiger partial charge in [-0.15, -0.1) is 0 Å². The molecule has 0 bridgehead atoms. The minimum atomic E-state index is -0.110. The Morgan fingerprint density at radius 1 is 1.08 bits per heavy atom. The second kappa shape index (κ2) is 6.83. The summed E-state index contributed by atoms with van der Waals surface area (Å²) in [7, 11) is 6.00. The Labute approximate surface area is 74.5 Å². The van der Waals surface area contributed by atoms with Crippen molar-refractivity contribution in [3.63, 3.8) is 0 Å². The third-order valence-electron chi connectivity index (χ3n) is 1.01. The van der Waals surface area contributed by atoms with Crippen LogP contribution < -0.4 is 0 Å². The molecule has 0 aromatic heterocycles. The van der Waals surface area contributed by atoms with Crippen LogP contribution in [0.15, 0.2) is 30.3 Å². The van der Waals surface area contributed by atoms with E-state index in [1.165, 1.54) is 0 Å². The van der Waals surface area contributed by atoms with Crippen LogP contribution in [0.4, 0.5) is 0 Å². The van der Waals surface area contributed by atoms with Crippen LogP contribution in [0.2, 0.25) is 0 Å². The summed E-state index contributed by atoms with van der Waals surface area (Å²) in [5.41, 5.74) is 0.854. The Kier molecular flexibility index (Phi) is 6.34. The monoisotopic (exact) mass is 166 g/mol. The molecule has 1 radical (unpaired) electrons. The van der Waals surface area contributed by atoms with Crippen molar-refractivity contribution < 1.29 is 5.11 Å². The van der Waals surface area contributed by atoms with Gasteiger partial charge in [0.1, 0.15) is 6.61 Å². The molecule has 0 saturated carbocycles. The van der Waals surface area contributed by atoms with E-state index in [1.807, 2.05) is 56.4 Å². The molecular formula is C10H16NO. The first-order valence-electron chi connectivity index (χ1n) is 3.89. The van der Waals surface area contributed by atoms with E-state index in [9.17, 15) is 5.11 Å². The molecule has 1 aromatic rings. The zero-order chi connectivity index (χ0) is 9.40. The highest BCUT2D eigenvalue weighted by atomic mass is 16.3. The van der Waals surface area contributed by atoms with Gasteiger partial charge in [-0.1, -0.05) is 30.3 Å². The third-order valence-corrected chi connectivity index (χ3v) is 1.01. The molecule has 0 saturated heterocycles. The maximum Gasteiger partial charge on any atom is 0.107 e. The average molecular weight is 166 g/mol. The highest BCUT2D eigenvalue weighted by Crippen LogP contribution is 1.95. The molecule has 0 N–H and O–H groups in total. The fraction of sp³-hybridized carbons (Fsp3) is 0.400. The molecule has 1 rings (SSSR count). The van der Waals surface area contributed by atoms with E-state index in [0.29, 0.717) is 0 Å². The molecule has 0 atom stereocenters. The van der Waals surface area contributed by atoms with E-state index in [1.54, 1.807) is 0 Å². The Balaban J connectivity index is 0.000000261. The molecule has 2 nitrogen and oxygen atoms in total. The third kappa shape index (κ3) is 7.25. The molecule has 12 heavy (non-hydrogen) atoms. The Morgan fingerprint density at radius 3 is 1.75 bits per heavy atom. The number of hydrogen-bond donors (Lipinski definition) is 0. The Hall–Kier alpha value is -0.860. The van der Waals surface area contributed by atoms with Crippen LogP contribution in [0.3, 0.4) is 0 Å². The standard InChI is InChI=1S/C7H7O.C3H9N/c8-6-7-4-2-1-3-5-7;1-4(2)3/h1-5H,6H2;1-3H3. The predicted molar refractivity (Wildman–Crippen MR) is 50.4 cm³/mol. The molecule has 1 aromatic carbocycles. The van der Waals surface area contributed by atoms with Crippen molar-refractivity contribution in [3.05, 3.63) is 35.9 Å².